The maximum atomic E-state index is 12.8. The van der Waals surface area contributed by atoms with Crippen molar-refractivity contribution in [1.29, 1.82) is 0 Å². The minimum absolute atomic E-state index is 0.0207. The standard InChI is InChI=1S/C17H24N2O3/c1-10-9-19(5-6-22-10)16(21)15-11(2)14-12(18-15)7-17(3,4)8-13(14)20/h10,18H,5-9H2,1-4H3/t10-/m1/s1. The third-order valence-electron chi connectivity index (χ3n) is 4.64. The summed E-state index contributed by atoms with van der Waals surface area (Å²) in [4.78, 5) is 30.3. The molecule has 0 saturated carbocycles. The topological polar surface area (TPSA) is 62.4 Å². The summed E-state index contributed by atoms with van der Waals surface area (Å²) < 4.78 is 5.49. The van der Waals surface area contributed by atoms with Crippen LogP contribution in [0.5, 0.6) is 0 Å². The fraction of sp³-hybridized carbons (Fsp3) is 0.647. The minimum Gasteiger partial charge on any atom is -0.375 e. The number of H-pyrrole nitrogens is 1. The van der Waals surface area contributed by atoms with E-state index in [-0.39, 0.29) is 23.2 Å². The van der Waals surface area contributed by atoms with Crippen molar-refractivity contribution in [2.75, 3.05) is 19.7 Å². The molecule has 0 spiro atoms. The van der Waals surface area contributed by atoms with Gasteiger partial charge < -0.3 is 14.6 Å². The number of fused-ring (bicyclic) bond motifs is 1. The Hall–Kier alpha value is -1.62. The lowest BCUT2D eigenvalue weighted by molar-refractivity contribution is -0.0126. The maximum Gasteiger partial charge on any atom is 0.270 e. The molecule has 1 N–H and O–H groups in total. The number of carbonyl (C=O) groups is 2. The van der Waals surface area contributed by atoms with Crippen LogP contribution in [0.15, 0.2) is 0 Å². The highest BCUT2D eigenvalue weighted by Gasteiger charge is 2.36. The van der Waals surface area contributed by atoms with E-state index in [1.165, 1.54) is 0 Å². The van der Waals surface area contributed by atoms with Gasteiger partial charge in [0.1, 0.15) is 5.69 Å². The van der Waals surface area contributed by atoms with Crippen molar-refractivity contribution in [3.8, 4) is 0 Å². The second kappa shape index (κ2) is 5.23. The number of amides is 1. The number of aromatic amines is 1. The second-order valence-electron chi connectivity index (χ2n) is 7.35. The van der Waals surface area contributed by atoms with Crippen molar-refractivity contribution >= 4 is 11.7 Å². The van der Waals surface area contributed by atoms with Crippen LogP contribution in [-0.2, 0) is 11.2 Å². The van der Waals surface area contributed by atoms with Gasteiger partial charge in [-0.2, -0.15) is 0 Å². The second-order valence-corrected chi connectivity index (χ2v) is 7.35. The summed E-state index contributed by atoms with van der Waals surface area (Å²) >= 11 is 0. The Morgan fingerprint density at radius 2 is 2.09 bits per heavy atom. The molecule has 0 bridgehead atoms. The van der Waals surface area contributed by atoms with Crippen LogP contribution in [0.2, 0.25) is 0 Å². The molecule has 1 atom stereocenters. The number of Topliss-reactive ketones (excluding diaryl/α,β-unsaturated/α-hetero) is 1. The Labute approximate surface area is 131 Å². The molecule has 22 heavy (non-hydrogen) atoms. The summed E-state index contributed by atoms with van der Waals surface area (Å²) in [6.07, 6.45) is 1.41. The van der Waals surface area contributed by atoms with E-state index >= 15 is 0 Å². The highest BCUT2D eigenvalue weighted by molar-refractivity contribution is 6.04. The zero-order chi connectivity index (χ0) is 16.1. The predicted octanol–water partition coefficient (Wildman–Crippen LogP) is 2.34. The SMILES string of the molecule is Cc1c(C(=O)N2CCO[C@H](C)C2)[nH]c2c1C(=O)CC(C)(C)C2. The van der Waals surface area contributed by atoms with Gasteiger partial charge in [0.25, 0.3) is 5.91 Å². The molecule has 3 rings (SSSR count). The van der Waals surface area contributed by atoms with Gasteiger partial charge in [-0.05, 0) is 31.2 Å². The summed E-state index contributed by atoms with van der Waals surface area (Å²) in [6, 6.07) is 0. The molecule has 1 amide bonds. The van der Waals surface area contributed by atoms with E-state index in [1.54, 1.807) is 0 Å². The number of hydrogen-bond acceptors (Lipinski definition) is 3. The lowest BCUT2D eigenvalue weighted by Gasteiger charge is -2.31. The molecule has 5 heteroatoms. The van der Waals surface area contributed by atoms with Gasteiger partial charge in [-0.1, -0.05) is 13.8 Å². The first-order valence-electron chi connectivity index (χ1n) is 7.94. The summed E-state index contributed by atoms with van der Waals surface area (Å²) in [5, 5.41) is 0. The molecule has 0 unspecified atom stereocenters. The van der Waals surface area contributed by atoms with Gasteiger partial charge in [-0.3, -0.25) is 9.59 Å². The van der Waals surface area contributed by atoms with Crippen LogP contribution in [-0.4, -0.2) is 47.4 Å². The van der Waals surface area contributed by atoms with Crippen LogP contribution in [0, 0.1) is 12.3 Å². The fourth-order valence-corrected chi connectivity index (χ4v) is 3.61. The number of ketones is 1. The third-order valence-corrected chi connectivity index (χ3v) is 4.64. The molecule has 120 valence electrons. The summed E-state index contributed by atoms with van der Waals surface area (Å²) in [7, 11) is 0. The van der Waals surface area contributed by atoms with Crippen molar-refractivity contribution in [2.24, 2.45) is 5.41 Å². The van der Waals surface area contributed by atoms with E-state index in [2.05, 4.69) is 18.8 Å². The summed E-state index contributed by atoms with van der Waals surface area (Å²) in [5.41, 5.74) is 2.99. The van der Waals surface area contributed by atoms with E-state index in [0.717, 1.165) is 23.2 Å². The zero-order valence-corrected chi connectivity index (χ0v) is 13.8. The number of nitrogens with zero attached hydrogens (tertiary/aromatic N) is 1. The number of rotatable bonds is 1. The van der Waals surface area contributed by atoms with Crippen molar-refractivity contribution < 1.29 is 14.3 Å². The quantitative estimate of drug-likeness (QED) is 0.866. The van der Waals surface area contributed by atoms with E-state index in [9.17, 15) is 9.59 Å². The number of ether oxygens (including phenoxy) is 1. The van der Waals surface area contributed by atoms with E-state index in [0.29, 0.717) is 31.8 Å². The van der Waals surface area contributed by atoms with Crippen molar-refractivity contribution in [3.63, 3.8) is 0 Å². The lowest BCUT2D eigenvalue weighted by atomic mass is 9.75. The van der Waals surface area contributed by atoms with Crippen LogP contribution in [0.4, 0.5) is 0 Å². The Morgan fingerprint density at radius 1 is 1.36 bits per heavy atom. The van der Waals surface area contributed by atoms with E-state index < -0.39 is 0 Å². The molecule has 1 aromatic rings. The van der Waals surface area contributed by atoms with Gasteiger partial charge in [0, 0.05) is 30.8 Å². The first-order chi connectivity index (χ1) is 10.3. The van der Waals surface area contributed by atoms with Gasteiger partial charge >= 0.3 is 0 Å². The Kier molecular flexibility index (Phi) is 3.63. The third kappa shape index (κ3) is 2.58. The maximum absolute atomic E-state index is 12.8. The number of aromatic nitrogens is 1. The largest absolute Gasteiger partial charge is 0.375 e. The van der Waals surface area contributed by atoms with Crippen LogP contribution in [0.25, 0.3) is 0 Å². The number of hydrogen-bond donors (Lipinski definition) is 1. The molecule has 1 saturated heterocycles. The Morgan fingerprint density at radius 3 is 2.77 bits per heavy atom. The summed E-state index contributed by atoms with van der Waals surface area (Å²) in [5.74, 6) is 0.127. The fourth-order valence-electron chi connectivity index (χ4n) is 3.61. The molecule has 2 aliphatic rings. The molecule has 0 aromatic carbocycles. The van der Waals surface area contributed by atoms with Crippen LogP contribution in [0.3, 0.4) is 0 Å². The van der Waals surface area contributed by atoms with Gasteiger partial charge in [0.05, 0.1) is 12.7 Å². The molecule has 1 fully saturated rings. The molecule has 5 nitrogen and oxygen atoms in total. The van der Waals surface area contributed by atoms with E-state index in [1.807, 2.05) is 18.7 Å². The number of nitrogens with one attached hydrogen (secondary N) is 1. The van der Waals surface area contributed by atoms with Crippen LogP contribution >= 0.6 is 0 Å². The predicted molar refractivity (Wildman–Crippen MR) is 83.3 cm³/mol. The minimum atomic E-state index is -0.0465. The zero-order valence-electron chi connectivity index (χ0n) is 13.8. The van der Waals surface area contributed by atoms with E-state index in [4.69, 9.17) is 4.74 Å². The molecular formula is C17H24N2O3. The van der Waals surface area contributed by atoms with Crippen LogP contribution < -0.4 is 0 Å². The summed E-state index contributed by atoms with van der Waals surface area (Å²) in [6.45, 7) is 9.80. The molecule has 1 aromatic heterocycles. The average molecular weight is 304 g/mol. The smallest absolute Gasteiger partial charge is 0.270 e. The molecular weight excluding hydrogens is 280 g/mol. The molecule has 1 aliphatic carbocycles. The highest BCUT2D eigenvalue weighted by Crippen LogP contribution is 2.36. The lowest BCUT2D eigenvalue weighted by Crippen LogP contribution is -2.44. The molecule has 2 heterocycles. The van der Waals surface area contributed by atoms with Crippen molar-refractivity contribution in [2.45, 2.75) is 46.6 Å². The average Bonchev–Trinajstić information content (AvgIpc) is 2.73. The van der Waals surface area contributed by atoms with Gasteiger partial charge in [0.2, 0.25) is 0 Å². The molecule has 1 aliphatic heterocycles. The highest BCUT2D eigenvalue weighted by atomic mass is 16.5. The van der Waals surface area contributed by atoms with Crippen molar-refractivity contribution in [3.05, 3.63) is 22.5 Å². The first-order valence-corrected chi connectivity index (χ1v) is 7.94. The normalized spacial score (nSPS) is 24.3. The number of carbonyl (C=O) groups excluding carboxylic acids is 2. The monoisotopic (exact) mass is 304 g/mol. The molecule has 0 radical (unpaired) electrons. The van der Waals surface area contributed by atoms with Crippen LogP contribution in [0.1, 0.15) is 59.3 Å². The first kappa shape index (κ1) is 15.3. The number of morpholine rings is 1. The Balaban J connectivity index is 1.93. The van der Waals surface area contributed by atoms with Gasteiger partial charge in [0.15, 0.2) is 5.78 Å². The van der Waals surface area contributed by atoms with Gasteiger partial charge in [-0.15, -0.1) is 0 Å². The van der Waals surface area contributed by atoms with Crippen molar-refractivity contribution in [1.82, 2.24) is 9.88 Å². The van der Waals surface area contributed by atoms with Gasteiger partial charge in [-0.25, -0.2) is 0 Å². The Bertz CT molecular complexity index is 630.